The second kappa shape index (κ2) is 7.11. The zero-order valence-electron chi connectivity index (χ0n) is 12.0. The number of halogens is 3. The summed E-state index contributed by atoms with van der Waals surface area (Å²) in [6.45, 7) is 3.28. The molecule has 0 heterocycles. The number of carbonyl (C=O) groups is 1. The molecule has 0 saturated heterocycles. The molecule has 0 fully saturated rings. The third kappa shape index (κ3) is 4.21. The maximum absolute atomic E-state index is 13.4. The van der Waals surface area contributed by atoms with Gasteiger partial charge < -0.3 is 10.1 Å². The third-order valence-electron chi connectivity index (χ3n) is 3.00. The molecule has 2 rings (SSSR count). The lowest BCUT2D eigenvalue weighted by molar-refractivity contribution is -0.118. The van der Waals surface area contributed by atoms with Gasteiger partial charge in [-0.25, -0.2) is 4.39 Å². The molecule has 1 amide bonds. The van der Waals surface area contributed by atoms with E-state index >= 15 is 0 Å². The zero-order valence-corrected chi connectivity index (χ0v) is 14.4. The van der Waals surface area contributed by atoms with Gasteiger partial charge in [-0.05, 0) is 49.2 Å². The molecule has 0 aliphatic heterocycles. The van der Waals surface area contributed by atoms with Crippen LogP contribution < -0.4 is 10.1 Å². The summed E-state index contributed by atoms with van der Waals surface area (Å²) >= 11 is 9.41. The van der Waals surface area contributed by atoms with Gasteiger partial charge in [0.2, 0.25) is 0 Å². The monoisotopic (exact) mass is 385 g/mol. The van der Waals surface area contributed by atoms with Crippen molar-refractivity contribution in [2.75, 3.05) is 11.9 Å². The fourth-order valence-corrected chi connectivity index (χ4v) is 2.90. The summed E-state index contributed by atoms with van der Waals surface area (Å²) in [4.78, 5) is 11.9. The number of anilines is 1. The summed E-state index contributed by atoms with van der Waals surface area (Å²) < 4.78 is 19.7. The van der Waals surface area contributed by atoms with Gasteiger partial charge in [-0.3, -0.25) is 4.79 Å². The van der Waals surface area contributed by atoms with Gasteiger partial charge >= 0.3 is 0 Å². The Labute approximate surface area is 141 Å². The fourth-order valence-electron chi connectivity index (χ4n) is 1.88. The van der Waals surface area contributed by atoms with Crippen LogP contribution >= 0.6 is 27.5 Å². The Balaban J connectivity index is 2.00. The second-order valence-corrected chi connectivity index (χ2v) is 6.16. The highest BCUT2D eigenvalue weighted by Gasteiger charge is 2.10. The Morgan fingerprint density at radius 3 is 2.64 bits per heavy atom. The lowest BCUT2D eigenvalue weighted by Gasteiger charge is -2.12. The number of rotatable bonds is 4. The lowest BCUT2D eigenvalue weighted by Crippen LogP contribution is -2.20. The van der Waals surface area contributed by atoms with Crippen molar-refractivity contribution in [3.63, 3.8) is 0 Å². The second-order valence-electron chi connectivity index (χ2n) is 4.83. The first-order chi connectivity index (χ1) is 10.4. The predicted molar refractivity (Wildman–Crippen MR) is 89.2 cm³/mol. The number of benzene rings is 2. The fraction of sp³-hybridized carbons (Fsp3) is 0.188. The van der Waals surface area contributed by atoms with E-state index in [9.17, 15) is 9.18 Å². The van der Waals surface area contributed by atoms with Gasteiger partial charge in [-0.1, -0.05) is 33.6 Å². The summed E-state index contributed by atoms with van der Waals surface area (Å²) in [7, 11) is 0. The minimum atomic E-state index is -0.387. The van der Waals surface area contributed by atoms with Gasteiger partial charge in [0.1, 0.15) is 11.6 Å². The van der Waals surface area contributed by atoms with E-state index in [-0.39, 0.29) is 18.3 Å². The maximum Gasteiger partial charge on any atom is 0.262 e. The molecule has 0 spiro atoms. The molecule has 0 bridgehead atoms. The van der Waals surface area contributed by atoms with E-state index in [1.165, 1.54) is 6.07 Å². The van der Waals surface area contributed by atoms with Crippen molar-refractivity contribution in [2.45, 2.75) is 13.8 Å². The van der Waals surface area contributed by atoms with Crippen LogP contribution in [0.25, 0.3) is 0 Å². The first kappa shape index (κ1) is 16.8. The number of nitrogens with one attached hydrogen (secondary N) is 1. The highest BCUT2D eigenvalue weighted by atomic mass is 79.9. The number of hydrogen-bond acceptors (Lipinski definition) is 2. The van der Waals surface area contributed by atoms with Crippen LogP contribution in [0.15, 0.2) is 34.8 Å². The highest BCUT2D eigenvalue weighted by Crippen LogP contribution is 2.31. The Morgan fingerprint density at radius 1 is 1.27 bits per heavy atom. The molecular weight excluding hydrogens is 373 g/mol. The highest BCUT2D eigenvalue weighted by molar-refractivity contribution is 9.10. The molecule has 1 N–H and O–H groups in total. The first-order valence-electron chi connectivity index (χ1n) is 6.51. The zero-order chi connectivity index (χ0) is 16.3. The summed E-state index contributed by atoms with van der Waals surface area (Å²) in [5, 5.41) is 2.99. The number of amides is 1. The van der Waals surface area contributed by atoms with E-state index in [0.29, 0.717) is 22.0 Å². The molecule has 0 aliphatic carbocycles. The predicted octanol–water partition coefficient (Wildman–Crippen LogP) is 4.88. The Bertz CT molecular complexity index is 698. The number of ether oxygens (including phenoxy) is 1. The van der Waals surface area contributed by atoms with Gasteiger partial charge in [0, 0.05) is 10.2 Å². The van der Waals surface area contributed by atoms with Gasteiger partial charge in [0.25, 0.3) is 5.91 Å². The summed E-state index contributed by atoms with van der Waals surface area (Å²) in [5.74, 6) is -0.303. The van der Waals surface area contributed by atoms with Gasteiger partial charge in [0.15, 0.2) is 6.61 Å². The van der Waals surface area contributed by atoms with E-state index < -0.39 is 0 Å². The lowest BCUT2D eigenvalue weighted by atomic mass is 10.2. The summed E-state index contributed by atoms with van der Waals surface area (Å²) in [6.07, 6.45) is 0. The molecule has 2 aromatic rings. The maximum atomic E-state index is 13.4. The van der Waals surface area contributed by atoms with Crippen molar-refractivity contribution in [2.24, 2.45) is 0 Å². The molecule has 2 aromatic carbocycles. The topological polar surface area (TPSA) is 38.3 Å². The van der Waals surface area contributed by atoms with Crippen molar-refractivity contribution in [1.82, 2.24) is 0 Å². The first-order valence-corrected chi connectivity index (χ1v) is 7.68. The smallest absolute Gasteiger partial charge is 0.262 e. The van der Waals surface area contributed by atoms with Crippen LogP contribution in [0.4, 0.5) is 10.1 Å². The van der Waals surface area contributed by atoms with Crippen molar-refractivity contribution in [1.29, 1.82) is 0 Å². The van der Waals surface area contributed by atoms with Crippen molar-refractivity contribution in [3.05, 3.63) is 56.8 Å². The van der Waals surface area contributed by atoms with Crippen LogP contribution in [0.2, 0.25) is 5.02 Å². The van der Waals surface area contributed by atoms with E-state index in [1.54, 1.807) is 25.1 Å². The molecule has 0 unspecified atom stereocenters. The minimum Gasteiger partial charge on any atom is -0.482 e. The van der Waals surface area contributed by atoms with Crippen LogP contribution in [0, 0.1) is 19.7 Å². The molecule has 0 saturated carbocycles. The molecule has 3 nitrogen and oxygen atoms in total. The van der Waals surface area contributed by atoms with Gasteiger partial charge in [0.05, 0.1) is 5.02 Å². The van der Waals surface area contributed by atoms with Crippen LogP contribution in [-0.4, -0.2) is 12.5 Å². The summed E-state index contributed by atoms with van der Waals surface area (Å²) in [6, 6.07) is 8.03. The Kier molecular flexibility index (Phi) is 5.42. The number of hydrogen-bond donors (Lipinski definition) is 1. The Morgan fingerprint density at radius 2 is 2.00 bits per heavy atom. The van der Waals surface area contributed by atoms with Crippen molar-refractivity contribution in [3.8, 4) is 5.75 Å². The molecule has 22 heavy (non-hydrogen) atoms. The summed E-state index contributed by atoms with van der Waals surface area (Å²) in [5.41, 5.74) is 1.72. The minimum absolute atomic E-state index is 0.211. The van der Waals surface area contributed by atoms with Crippen molar-refractivity contribution >= 4 is 39.1 Å². The van der Waals surface area contributed by atoms with Crippen LogP contribution in [-0.2, 0) is 4.79 Å². The normalized spacial score (nSPS) is 10.4. The van der Waals surface area contributed by atoms with E-state index in [1.807, 2.05) is 13.0 Å². The van der Waals surface area contributed by atoms with Crippen LogP contribution in [0.1, 0.15) is 11.1 Å². The standard InChI is InChI=1S/C16H14BrClFNO2/c1-9-3-4-12(7-14(9)19)20-15(21)8-22-16-10(2)5-11(17)6-13(16)18/h3-7H,8H2,1-2H3,(H,20,21). The quantitative estimate of drug-likeness (QED) is 0.813. The largest absolute Gasteiger partial charge is 0.482 e. The van der Waals surface area contributed by atoms with Crippen molar-refractivity contribution < 1.29 is 13.9 Å². The average Bonchev–Trinajstić information content (AvgIpc) is 2.41. The molecule has 116 valence electrons. The SMILES string of the molecule is Cc1ccc(NC(=O)COc2c(C)cc(Br)cc2Cl)cc1F. The third-order valence-corrected chi connectivity index (χ3v) is 3.74. The molecule has 0 aliphatic rings. The van der Waals surface area contributed by atoms with Crippen LogP contribution in [0.5, 0.6) is 5.75 Å². The molecular formula is C16H14BrClFNO2. The van der Waals surface area contributed by atoms with E-state index in [4.69, 9.17) is 16.3 Å². The number of carbonyl (C=O) groups excluding carboxylic acids is 1. The van der Waals surface area contributed by atoms with Crippen LogP contribution in [0.3, 0.4) is 0 Å². The van der Waals surface area contributed by atoms with Gasteiger partial charge in [-0.2, -0.15) is 0 Å². The number of aryl methyl sites for hydroxylation is 2. The van der Waals surface area contributed by atoms with Gasteiger partial charge in [-0.15, -0.1) is 0 Å². The molecule has 6 heteroatoms. The molecule has 0 aromatic heterocycles. The Hall–Kier alpha value is -1.59. The molecule has 0 radical (unpaired) electrons. The van der Waals surface area contributed by atoms with E-state index in [2.05, 4.69) is 21.2 Å². The van der Waals surface area contributed by atoms with E-state index in [0.717, 1.165) is 10.0 Å². The molecule has 0 atom stereocenters. The average molecular weight is 387 g/mol.